The Kier molecular flexibility index (Phi) is 3.19. The highest BCUT2D eigenvalue weighted by Crippen LogP contribution is 2.22. The molecule has 0 spiro atoms. The van der Waals surface area contributed by atoms with Gasteiger partial charge in [-0.3, -0.25) is 0 Å². The molecular weight excluding hydrogens is 271 g/mol. The molecule has 0 unspecified atom stereocenters. The Morgan fingerprint density at radius 1 is 1.11 bits per heavy atom. The monoisotopic (exact) mass is 275 g/mol. The second kappa shape index (κ2) is 4.65. The van der Waals surface area contributed by atoms with Gasteiger partial charge in [-0.2, -0.15) is 15.0 Å². The van der Waals surface area contributed by atoms with E-state index in [2.05, 4.69) is 20.3 Å². The molecular formula is C9H5ClF3N5. The van der Waals surface area contributed by atoms with Crippen LogP contribution < -0.4 is 11.1 Å². The molecule has 9 heteroatoms. The van der Waals surface area contributed by atoms with Gasteiger partial charge in [0.2, 0.25) is 17.2 Å². The van der Waals surface area contributed by atoms with Crippen LogP contribution in [0.15, 0.2) is 12.1 Å². The van der Waals surface area contributed by atoms with Gasteiger partial charge in [0.15, 0.2) is 11.6 Å². The predicted octanol–water partition coefficient (Wildman–Crippen LogP) is 2.27. The summed E-state index contributed by atoms with van der Waals surface area (Å²) < 4.78 is 39.2. The first-order valence-electron chi connectivity index (χ1n) is 4.54. The van der Waals surface area contributed by atoms with Crippen LogP contribution >= 0.6 is 11.6 Å². The summed E-state index contributed by atoms with van der Waals surface area (Å²) in [7, 11) is 0. The lowest BCUT2D eigenvalue weighted by atomic mass is 10.3. The molecule has 3 N–H and O–H groups in total. The van der Waals surface area contributed by atoms with Gasteiger partial charge < -0.3 is 11.1 Å². The van der Waals surface area contributed by atoms with Gasteiger partial charge in [0, 0.05) is 12.1 Å². The SMILES string of the molecule is Nc1nc(Cl)nc(Nc2cc(F)cc(F)c2F)n1. The molecule has 0 atom stereocenters. The smallest absolute Gasteiger partial charge is 0.233 e. The minimum absolute atomic E-state index is 0.213. The van der Waals surface area contributed by atoms with Gasteiger partial charge in [-0.15, -0.1) is 0 Å². The minimum atomic E-state index is -1.34. The van der Waals surface area contributed by atoms with E-state index in [1.807, 2.05) is 0 Å². The normalized spacial score (nSPS) is 10.4. The van der Waals surface area contributed by atoms with E-state index in [4.69, 9.17) is 17.3 Å². The zero-order chi connectivity index (χ0) is 13.3. The Balaban J connectivity index is 2.39. The van der Waals surface area contributed by atoms with E-state index in [9.17, 15) is 13.2 Å². The zero-order valence-electron chi connectivity index (χ0n) is 8.59. The third-order valence-electron chi connectivity index (χ3n) is 1.86. The summed E-state index contributed by atoms with van der Waals surface area (Å²) in [5.74, 6) is -4.01. The Morgan fingerprint density at radius 3 is 2.50 bits per heavy atom. The molecule has 0 fully saturated rings. The highest BCUT2D eigenvalue weighted by Gasteiger charge is 2.13. The fourth-order valence-corrected chi connectivity index (χ4v) is 1.36. The molecule has 2 rings (SSSR count). The summed E-state index contributed by atoms with van der Waals surface area (Å²) in [5.41, 5.74) is 4.80. The van der Waals surface area contributed by atoms with Crippen LogP contribution in [0.5, 0.6) is 0 Å². The van der Waals surface area contributed by atoms with Gasteiger partial charge in [0.05, 0.1) is 5.69 Å². The highest BCUT2D eigenvalue weighted by atomic mass is 35.5. The molecule has 5 nitrogen and oxygen atoms in total. The summed E-state index contributed by atoms with van der Waals surface area (Å²) >= 11 is 5.49. The molecule has 1 aromatic heterocycles. The lowest BCUT2D eigenvalue weighted by Gasteiger charge is -2.07. The van der Waals surface area contributed by atoms with E-state index in [1.165, 1.54) is 0 Å². The number of aromatic nitrogens is 3. The maximum Gasteiger partial charge on any atom is 0.233 e. The Bertz CT molecular complexity index is 587. The van der Waals surface area contributed by atoms with E-state index in [-0.39, 0.29) is 17.2 Å². The Labute approximate surface area is 104 Å². The van der Waals surface area contributed by atoms with Gasteiger partial charge >= 0.3 is 0 Å². The minimum Gasteiger partial charge on any atom is -0.368 e. The summed E-state index contributed by atoms with van der Waals surface area (Å²) in [4.78, 5) is 10.6. The number of nitrogens with two attached hydrogens (primary N) is 1. The first kappa shape index (κ1) is 12.4. The largest absolute Gasteiger partial charge is 0.368 e. The van der Waals surface area contributed by atoms with Crippen molar-refractivity contribution >= 4 is 29.2 Å². The third kappa shape index (κ3) is 2.59. The van der Waals surface area contributed by atoms with Crippen molar-refractivity contribution in [2.75, 3.05) is 11.1 Å². The fraction of sp³-hybridized carbons (Fsp3) is 0. The van der Waals surface area contributed by atoms with E-state index >= 15 is 0 Å². The molecule has 0 amide bonds. The quantitative estimate of drug-likeness (QED) is 0.822. The summed E-state index contributed by atoms with van der Waals surface area (Å²) in [6.07, 6.45) is 0. The lowest BCUT2D eigenvalue weighted by molar-refractivity contribution is 0.498. The van der Waals surface area contributed by atoms with E-state index in [1.54, 1.807) is 0 Å². The molecule has 1 aromatic carbocycles. The van der Waals surface area contributed by atoms with Crippen LogP contribution in [0.25, 0.3) is 0 Å². The molecule has 0 saturated heterocycles. The third-order valence-corrected chi connectivity index (χ3v) is 2.03. The van der Waals surface area contributed by atoms with Gasteiger partial charge in [-0.05, 0) is 11.6 Å². The van der Waals surface area contributed by atoms with Crippen LogP contribution in [-0.2, 0) is 0 Å². The molecule has 0 aliphatic carbocycles. The number of halogens is 4. The molecule has 0 aliphatic rings. The molecule has 0 radical (unpaired) electrons. The van der Waals surface area contributed by atoms with Crippen LogP contribution in [0.3, 0.4) is 0 Å². The number of benzene rings is 1. The van der Waals surface area contributed by atoms with Crippen LogP contribution in [0.2, 0.25) is 5.28 Å². The Hall–Kier alpha value is -2.09. The maximum atomic E-state index is 13.3. The number of hydrogen-bond acceptors (Lipinski definition) is 5. The second-order valence-electron chi connectivity index (χ2n) is 3.16. The number of hydrogen-bond donors (Lipinski definition) is 2. The van der Waals surface area contributed by atoms with Crippen molar-refractivity contribution in [2.45, 2.75) is 0 Å². The van der Waals surface area contributed by atoms with Crippen LogP contribution in [0, 0.1) is 17.5 Å². The van der Waals surface area contributed by atoms with Crippen LogP contribution in [-0.4, -0.2) is 15.0 Å². The number of nitrogens with one attached hydrogen (secondary N) is 1. The molecule has 0 aliphatic heterocycles. The van der Waals surface area contributed by atoms with Gasteiger partial charge in [-0.25, -0.2) is 13.2 Å². The van der Waals surface area contributed by atoms with Crippen molar-refractivity contribution in [2.24, 2.45) is 0 Å². The first-order chi connectivity index (χ1) is 8.45. The number of nitrogen functional groups attached to an aromatic ring is 1. The molecule has 0 saturated carbocycles. The van der Waals surface area contributed by atoms with Crippen molar-refractivity contribution in [1.82, 2.24) is 15.0 Å². The topological polar surface area (TPSA) is 76.7 Å². The van der Waals surface area contributed by atoms with Gasteiger partial charge in [0.1, 0.15) is 5.82 Å². The Morgan fingerprint density at radius 2 is 1.83 bits per heavy atom. The average molecular weight is 276 g/mol. The lowest BCUT2D eigenvalue weighted by Crippen LogP contribution is -2.05. The van der Waals surface area contributed by atoms with Crippen molar-refractivity contribution in [3.63, 3.8) is 0 Å². The number of anilines is 3. The standard InChI is InChI=1S/C9H5ClF3N5/c10-7-16-8(14)18-9(17-7)15-5-2-3(11)1-4(12)6(5)13/h1-2H,(H3,14,15,16,17,18). The summed E-state index contributed by atoms with van der Waals surface area (Å²) in [6.45, 7) is 0. The first-order valence-corrected chi connectivity index (χ1v) is 4.92. The van der Waals surface area contributed by atoms with Gasteiger partial charge in [-0.1, -0.05) is 0 Å². The maximum absolute atomic E-state index is 13.3. The fourth-order valence-electron chi connectivity index (χ4n) is 1.19. The molecule has 0 bridgehead atoms. The van der Waals surface area contributed by atoms with Crippen molar-refractivity contribution < 1.29 is 13.2 Å². The van der Waals surface area contributed by atoms with E-state index < -0.39 is 23.1 Å². The van der Waals surface area contributed by atoms with Crippen molar-refractivity contribution in [3.05, 3.63) is 34.9 Å². The van der Waals surface area contributed by atoms with E-state index in [0.29, 0.717) is 6.07 Å². The second-order valence-corrected chi connectivity index (χ2v) is 3.50. The summed E-state index contributed by atoms with van der Waals surface area (Å²) in [6, 6.07) is 1.15. The molecule has 1 heterocycles. The zero-order valence-corrected chi connectivity index (χ0v) is 9.34. The van der Waals surface area contributed by atoms with Gasteiger partial charge in [0.25, 0.3) is 0 Å². The van der Waals surface area contributed by atoms with Crippen molar-refractivity contribution in [1.29, 1.82) is 0 Å². The predicted molar refractivity (Wildman–Crippen MR) is 58.8 cm³/mol. The average Bonchev–Trinajstić information content (AvgIpc) is 2.23. The van der Waals surface area contributed by atoms with Crippen LogP contribution in [0.4, 0.5) is 30.8 Å². The molecule has 18 heavy (non-hydrogen) atoms. The molecule has 2 aromatic rings. The van der Waals surface area contributed by atoms with E-state index in [0.717, 1.165) is 6.07 Å². The van der Waals surface area contributed by atoms with Crippen molar-refractivity contribution in [3.8, 4) is 0 Å². The number of rotatable bonds is 2. The summed E-state index contributed by atoms with van der Waals surface area (Å²) in [5, 5.41) is 2.02. The highest BCUT2D eigenvalue weighted by molar-refractivity contribution is 6.28. The number of nitrogens with zero attached hydrogens (tertiary/aromatic N) is 3. The van der Waals surface area contributed by atoms with Crippen LogP contribution in [0.1, 0.15) is 0 Å². The molecule has 94 valence electrons.